The van der Waals surface area contributed by atoms with Crippen LogP contribution in [0.3, 0.4) is 0 Å². The highest BCUT2D eigenvalue weighted by atomic mass is 16.2. The first kappa shape index (κ1) is 14.9. The monoisotopic (exact) mass is 279 g/mol. The van der Waals surface area contributed by atoms with Gasteiger partial charge in [-0.25, -0.2) is 0 Å². The summed E-state index contributed by atoms with van der Waals surface area (Å²) in [5, 5.41) is 14.3. The molecule has 0 bridgehead atoms. The van der Waals surface area contributed by atoms with E-state index in [1.165, 1.54) is 0 Å². The summed E-state index contributed by atoms with van der Waals surface area (Å²) in [6.45, 7) is 5.90. The molecule has 2 heterocycles. The van der Waals surface area contributed by atoms with Gasteiger partial charge in [0.1, 0.15) is 0 Å². The molecule has 20 heavy (non-hydrogen) atoms. The molecule has 1 saturated heterocycles. The fourth-order valence-electron chi connectivity index (χ4n) is 3.08. The molecule has 1 unspecified atom stereocenters. The van der Waals surface area contributed by atoms with Gasteiger partial charge in [-0.15, -0.1) is 10.2 Å². The lowest BCUT2D eigenvalue weighted by molar-refractivity contribution is -0.137. The first-order valence-electron chi connectivity index (χ1n) is 7.78. The molecule has 1 amide bonds. The van der Waals surface area contributed by atoms with E-state index in [1.807, 2.05) is 4.90 Å². The number of carbonyl (C=O) groups is 1. The number of likely N-dealkylation sites (tertiary alicyclic amines) is 1. The van der Waals surface area contributed by atoms with Gasteiger partial charge in [-0.2, -0.15) is 5.21 Å². The Morgan fingerprint density at radius 2 is 2.15 bits per heavy atom. The van der Waals surface area contributed by atoms with E-state index in [-0.39, 0.29) is 11.8 Å². The highest BCUT2D eigenvalue weighted by Crippen LogP contribution is 2.26. The summed E-state index contributed by atoms with van der Waals surface area (Å²) in [5.41, 5.74) is 0. The van der Waals surface area contributed by atoms with E-state index in [0.29, 0.717) is 5.91 Å². The summed E-state index contributed by atoms with van der Waals surface area (Å²) in [5.74, 6) is 1.48. The number of rotatable bonds is 6. The number of hydrogen-bond acceptors (Lipinski definition) is 4. The minimum absolute atomic E-state index is 0.189. The lowest BCUT2D eigenvalue weighted by Gasteiger charge is -2.33. The van der Waals surface area contributed by atoms with Gasteiger partial charge in [0.05, 0.1) is 0 Å². The molecular formula is C14H25N5O. The average Bonchev–Trinajstić information content (AvgIpc) is 3.01. The van der Waals surface area contributed by atoms with Crippen LogP contribution in [0, 0.1) is 5.92 Å². The molecule has 1 atom stereocenters. The maximum Gasteiger partial charge on any atom is 0.225 e. The van der Waals surface area contributed by atoms with E-state index in [4.69, 9.17) is 0 Å². The van der Waals surface area contributed by atoms with Crippen molar-refractivity contribution in [1.82, 2.24) is 25.5 Å². The molecule has 6 heteroatoms. The predicted octanol–water partition coefficient (Wildman–Crippen LogP) is 2.12. The van der Waals surface area contributed by atoms with Gasteiger partial charge in [0.15, 0.2) is 5.82 Å². The molecule has 0 aromatic carbocycles. The van der Waals surface area contributed by atoms with Crippen molar-refractivity contribution in [3.05, 3.63) is 5.82 Å². The van der Waals surface area contributed by atoms with Gasteiger partial charge in [0.25, 0.3) is 0 Å². The lowest BCUT2D eigenvalue weighted by atomic mass is 9.92. The Bertz CT molecular complexity index is 400. The zero-order valence-electron chi connectivity index (χ0n) is 12.5. The SMILES string of the molecule is CCCC(CCC)C(=O)N1CCCC(c2nn[nH]n2)C1. The van der Waals surface area contributed by atoms with Crippen LogP contribution in [0.1, 0.15) is 64.1 Å². The highest BCUT2D eigenvalue weighted by Gasteiger charge is 2.30. The van der Waals surface area contributed by atoms with Crippen LogP contribution >= 0.6 is 0 Å². The maximum absolute atomic E-state index is 12.7. The summed E-state index contributed by atoms with van der Waals surface area (Å²) in [6, 6.07) is 0. The molecule has 1 N–H and O–H groups in total. The smallest absolute Gasteiger partial charge is 0.225 e. The molecule has 1 aliphatic rings. The third-order valence-electron chi connectivity index (χ3n) is 4.08. The second-order valence-corrected chi connectivity index (χ2v) is 5.67. The number of tetrazole rings is 1. The van der Waals surface area contributed by atoms with Gasteiger partial charge in [-0.3, -0.25) is 4.79 Å². The Morgan fingerprint density at radius 1 is 1.40 bits per heavy atom. The molecule has 6 nitrogen and oxygen atoms in total. The molecule has 1 fully saturated rings. The number of carbonyl (C=O) groups excluding carboxylic acids is 1. The summed E-state index contributed by atoms with van der Waals surface area (Å²) >= 11 is 0. The number of piperidine rings is 1. The van der Waals surface area contributed by atoms with Crippen molar-refractivity contribution in [1.29, 1.82) is 0 Å². The van der Waals surface area contributed by atoms with Gasteiger partial charge < -0.3 is 4.90 Å². The normalized spacial score (nSPS) is 19.6. The Morgan fingerprint density at radius 3 is 2.75 bits per heavy atom. The van der Waals surface area contributed by atoms with E-state index < -0.39 is 0 Å². The zero-order chi connectivity index (χ0) is 14.4. The van der Waals surface area contributed by atoms with Crippen LogP contribution in [0.25, 0.3) is 0 Å². The van der Waals surface area contributed by atoms with Crippen molar-refractivity contribution in [2.45, 2.75) is 58.3 Å². The molecule has 1 aromatic heterocycles. The predicted molar refractivity (Wildman–Crippen MR) is 76.0 cm³/mol. The van der Waals surface area contributed by atoms with Crippen molar-refractivity contribution >= 4 is 5.91 Å². The van der Waals surface area contributed by atoms with Crippen molar-refractivity contribution in [2.24, 2.45) is 5.92 Å². The summed E-state index contributed by atoms with van der Waals surface area (Å²) < 4.78 is 0. The molecule has 0 radical (unpaired) electrons. The highest BCUT2D eigenvalue weighted by molar-refractivity contribution is 5.79. The zero-order valence-corrected chi connectivity index (χ0v) is 12.5. The number of H-pyrrole nitrogens is 1. The Hall–Kier alpha value is -1.46. The topological polar surface area (TPSA) is 74.8 Å². The van der Waals surface area contributed by atoms with Crippen molar-refractivity contribution in [3.8, 4) is 0 Å². The molecule has 0 saturated carbocycles. The fraction of sp³-hybridized carbons (Fsp3) is 0.857. The Labute approximate surface area is 120 Å². The number of nitrogens with zero attached hydrogens (tertiary/aromatic N) is 4. The number of nitrogens with one attached hydrogen (secondary N) is 1. The van der Waals surface area contributed by atoms with Crippen LogP contribution in [0.5, 0.6) is 0 Å². The first-order chi connectivity index (χ1) is 9.76. The van der Waals surface area contributed by atoms with Crippen molar-refractivity contribution in [3.63, 3.8) is 0 Å². The van der Waals surface area contributed by atoms with E-state index in [9.17, 15) is 4.79 Å². The van der Waals surface area contributed by atoms with Crippen LogP contribution in [0.15, 0.2) is 0 Å². The van der Waals surface area contributed by atoms with Crippen LogP contribution in [0.2, 0.25) is 0 Å². The molecular weight excluding hydrogens is 254 g/mol. The van der Waals surface area contributed by atoms with Crippen molar-refractivity contribution in [2.75, 3.05) is 13.1 Å². The quantitative estimate of drug-likeness (QED) is 0.865. The second-order valence-electron chi connectivity index (χ2n) is 5.67. The largest absolute Gasteiger partial charge is 0.342 e. The minimum Gasteiger partial charge on any atom is -0.342 e. The van der Waals surface area contributed by atoms with E-state index in [1.54, 1.807) is 0 Å². The van der Waals surface area contributed by atoms with Crippen LogP contribution in [0.4, 0.5) is 0 Å². The number of aromatic nitrogens is 4. The summed E-state index contributed by atoms with van der Waals surface area (Å²) in [7, 11) is 0. The van der Waals surface area contributed by atoms with E-state index in [0.717, 1.165) is 57.4 Å². The number of aromatic amines is 1. The molecule has 1 aliphatic heterocycles. The fourth-order valence-corrected chi connectivity index (χ4v) is 3.08. The average molecular weight is 279 g/mol. The lowest BCUT2D eigenvalue weighted by Crippen LogP contribution is -2.42. The third kappa shape index (κ3) is 3.55. The second kappa shape index (κ2) is 7.36. The first-order valence-corrected chi connectivity index (χ1v) is 7.78. The van der Waals surface area contributed by atoms with Gasteiger partial charge >= 0.3 is 0 Å². The van der Waals surface area contributed by atoms with E-state index >= 15 is 0 Å². The molecule has 112 valence electrons. The van der Waals surface area contributed by atoms with Gasteiger partial charge in [-0.1, -0.05) is 31.9 Å². The van der Waals surface area contributed by atoms with Gasteiger partial charge in [0.2, 0.25) is 5.91 Å². The minimum atomic E-state index is 0.189. The van der Waals surface area contributed by atoms with Gasteiger partial charge in [0, 0.05) is 24.9 Å². The molecule has 0 aliphatic carbocycles. The molecule has 1 aromatic rings. The van der Waals surface area contributed by atoms with Crippen molar-refractivity contribution < 1.29 is 4.79 Å². The van der Waals surface area contributed by atoms with E-state index in [2.05, 4.69) is 34.5 Å². The third-order valence-corrected chi connectivity index (χ3v) is 4.08. The maximum atomic E-state index is 12.7. The standard InChI is InChI=1S/C14H25N5O/c1-3-6-11(7-4-2)14(20)19-9-5-8-12(10-19)13-15-17-18-16-13/h11-12H,3-10H2,1-2H3,(H,15,16,17,18). The van der Waals surface area contributed by atoms with Gasteiger partial charge in [-0.05, 0) is 25.7 Å². The summed E-state index contributed by atoms with van der Waals surface area (Å²) in [4.78, 5) is 14.7. The van der Waals surface area contributed by atoms with Crippen LogP contribution in [-0.4, -0.2) is 44.5 Å². The molecule has 2 rings (SSSR count). The Balaban J connectivity index is 1.98. The molecule has 0 spiro atoms. The number of amides is 1. The number of hydrogen-bond donors (Lipinski definition) is 1. The van der Waals surface area contributed by atoms with Crippen LogP contribution in [-0.2, 0) is 4.79 Å². The summed E-state index contributed by atoms with van der Waals surface area (Å²) in [6.07, 6.45) is 6.19. The Kier molecular flexibility index (Phi) is 5.49. The van der Waals surface area contributed by atoms with Crippen LogP contribution < -0.4 is 0 Å².